The van der Waals surface area contributed by atoms with Gasteiger partial charge in [-0.05, 0) is 45.4 Å². The van der Waals surface area contributed by atoms with E-state index in [-0.39, 0.29) is 6.47 Å². The smallest absolute Gasteiger partial charge is 0.407 e. The summed E-state index contributed by atoms with van der Waals surface area (Å²) in [7, 11) is 0. The van der Waals surface area contributed by atoms with E-state index in [0.717, 1.165) is 16.8 Å². The molecule has 6 heteroatoms. The fourth-order valence-corrected chi connectivity index (χ4v) is 1.95. The SMILES string of the molecule is CC.Cc1ccc(-c2cc(CNC(=O)OC(C)(C)C)ccn2)cc1.O=CO. The van der Waals surface area contributed by atoms with Crippen LogP contribution in [0.3, 0.4) is 0 Å². The highest BCUT2D eigenvalue weighted by molar-refractivity contribution is 5.68. The first kappa shape index (κ1) is 24.1. The molecule has 0 fully saturated rings. The molecule has 1 aromatic heterocycles. The molecular formula is C21H30N2O4. The van der Waals surface area contributed by atoms with Crippen LogP contribution in [0.4, 0.5) is 4.79 Å². The largest absolute Gasteiger partial charge is 0.483 e. The average molecular weight is 374 g/mol. The zero-order valence-electron chi connectivity index (χ0n) is 16.9. The highest BCUT2D eigenvalue weighted by atomic mass is 16.6. The molecule has 0 aliphatic heterocycles. The molecule has 0 spiro atoms. The van der Waals surface area contributed by atoms with E-state index in [9.17, 15) is 4.79 Å². The fourth-order valence-electron chi connectivity index (χ4n) is 1.95. The second-order valence-electron chi connectivity index (χ2n) is 6.38. The van der Waals surface area contributed by atoms with E-state index in [2.05, 4.69) is 29.4 Å². The van der Waals surface area contributed by atoms with Crippen LogP contribution in [-0.4, -0.2) is 28.3 Å². The summed E-state index contributed by atoms with van der Waals surface area (Å²) in [5.74, 6) is 0. The van der Waals surface area contributed by atoms with Crippen LogP contribution < -0.4 is 5.32 Å². The van der Waals surface area contributed by atoms with Crippen molar-refractivity contribution >= 4 is 12.6 Å². The quantitative estimate of drug-likeness (QED) is 0.753. The second kappa shape index (κ2) is 12.5. The molecule has 148 valence electrons. The minimum Gasteiger partial charge on any atom is -0.483 e. The molecule has 0 aliphatic carbocycles. The predicted molar refractivity (Wildman–Crippen MR) is 108 cm³/mol. The first-order valence-electron chi connectivity index (χ1n) is 8.82. The van der Waals surface area contributed by atoms with E-state index >= 15 is 0 Å². The lowest BCUT2D eigenvalue weighted by Gasteiger charge is -2.19. The van der Waals surface area contributed by atoms with Crippen molar-refractivity contribution in [2.24, 2.45) is 0 Å². The van der Waals surface area contributed by atoms with E-state index < -0.39 is 11.7 Å². The molecule has 1 aromatic carbocycles. The number of nitrogens with zero attached hydrogens (tertiary/aromatic N) is 1. The van der Waals surface area contributed by atoms with Crippen LogP contribution >= 0.6 is 0 Å². The van der Waals surface area contributed by atoms with Crippen LogP contribution in [0.2, 0.25) is 0 Å². The molecule has 0 saturated heterocycles. The van der Waals surface area contributed by atoms with Crippen molar-refractivity contribution in [3.8, 4) is 11.3 Å². The van der Waals surface area contributed by atoms with Crippen molar-refractivity contribution in [2.75, 3.05) is 0 Å². The monoisotopic (exact) mass is 374 g/mol. The van der Waals surface area contributed by atoms with Gasteiger partial charge in [0.2, 0.25) is 0 Å². The molecule has 0 unspecified atom stereocenters. The summed E-state index contributed by atoms with van der Waals surface area (Å²) in [5, 5.41) is 9.64. The summed E-state index contributed by atoms with van der Waals surface area (Å²) in [6.07, 6.45) is 1.34. The van der Waals surface area contributed by atoms with Gasteiger partial charge >= 0.3 is 6.09 Å². The van der Waals surface area contributed by atoms with Crippen LogP contribution in [0.5, 0.6) is 0 Å². The van der Waals surface area contributed by atoms with Crippen molar-refractivity contribution in [2.45, 2.75) is 53.7 Å². The third kappa shape index (κ3) is 10.6. The van der Waals surface area contributed by atoms with Gasteiger partial charge in [0.05, 0.1) is 5.69 Å². The van der Waals surface area contributed by atoms with Crippen molar-refractivity contribution in [1.82, 2.24) is 10.3 Å². The Morgan fingerprint density at radius 3 is 2.26 bits per heavy atom. The summed E-state index contributed by atoms with van der Waals surface area (Å²) in [5.41, 5.74) is 3.66. The molecule has 1 amide bonds. The van der Waals surface area contributed by atoms with Gasteiger partial charge in [-0.15, -0.1) is 0 Å². The summed E-state index contributed by atoms with van der Waals surface area (Å²) in [6, 6.07) is 12.1. The van der Waals surface area contributed by atoms with Gasteiger partial charge in [-0.25, -0.2) is 4.79 Å². The maximum atomic E-state index is 11.7. The van der Waals surface area contributed by atoms with Gasteiger partial charge < -0.3 is 15.2 Å². The number of alkyl carbamates (subject to hydrolysis) is 1. The van der Waals surface area contributed by atoms with Crippen LogP contribution in [0.15, 0.2) is 42.6 Å². The molecule has 0 atom stereocenters. The Hall–Kier alpha value is -2.89. The molecule has 0 radical (unpaired) electrons. The van der Waals surface area contributed by atoms with Gasteiger partial charge in [0.25, 0.3) is 6.47 Å². The first-order chi connectivity index (χ1) is 12.7. The highest BCUT2D eigenvalue weighted by Crippen LogP contribution is 2.18. The standard InChI is InChI=1S/C18H22N2O2.C2H6.CH2O2/c1-13-5-7-15(8-6-13)16-11-14(9-10-19-16)12-20-17(21)22-18(2,3)4;1-2;2-1-3/h5-11H,12H2,1-4H3,(H,20,21);1-2H3;1H,(H,2,3). The number of carboxylic acid groups (broad SMARTS) is 1. The molecule has 2 rings (SSSR count). The zero-order valence-corrected chi connectivity index (χ0v) is 16.9. The van der Waals surface area contributed by atoms with Crippen LogP contribution in [0.1, 0.15) is 45.7 Å². The van der Waals surface area contributed by atoms with Gasteiger partial charge in [-0.2, -0.15) is 0 Å². The normalized spacial score (nSPS) is 9.70. The number of hydrogen-bond donors (Lipinski definition) is 2. The molecule has 0 aliphatic rings. The zero-order chi connectivity index (χ0) is 20.9. The van der Waals surface area contributed by atoms with Gasteiger partial charge in [0, 0.05) is 18.3 Å². The number of amides is 1. The van der Waals surface area contributed by atoms with E-state index in [1.807, 2.05) is 58.9 Å². The predicted octanol–water partition coefficient (Wildman–Crippen LogP) is 4.81. The van der Waals surface area contributed by atoms with E-state index in [1.165, 1.54) is 5.56 Å². The third-order valence-electron chi connectivity index (χ3n) is 3.01. The molecule has 0 saturated carbocycles. The summed E-state index contributed by atoms with van der Waals surface area (Å²) in [4.78, 5) is 24.4. The maximum absolute atomic E-state index is 11.7. The summed E-state index contributed by atoms with van der Waals surface area (Å²) in [6.45, 7) is 11.7. The summed E-state index contributed by atoms with van der Waals surface area (Å²) >= 11 is 0. The van der Waals surface area contributed by atoms with Crippen LogP contribution in [-0.2, 0) is 16.1 Å². The minimum absolute atomic E-state index is 0.250. The molecule has 2 N–H and O–H groups in total. The average Bonchev–Trinajstić information content (AvgIpc) is 2.62. The Kier molecular flexibility index (Phi) is 11.1. The first-order valence-corrected chi connectivity index (χ1v) is 8.82. The lowest BCUT2D eigenvalue weighted by atomic mass is 10.1. The van der Waals surface area contributed by atoms with E-state index in [0.29, 0.717) is 6.54 Å². The van der Waals surface area contributed by atoms with Crippen LogP contribution in [0.25, 0.3) is 11.3 Å². The number of pyridine rings is 1. The third-order valence-corrected chi connectivity index (χ3v) is 3.01. The van der Waals surface area contributed by atoms with Crippen molar-refractivity contribution in [3.63, 3.8) is 0 Å². The topological polar surface area (TPSA) is 88.5 Å². The number of hydrogen-bond acceptors (Lipinski definition) is 4. The second-order valence-corrected chi connectivity index (χ2v) is 6.38. The Labute approximate surface area is 161 Å². The van der Waals surface area contributed by atoms with Gasteiger partial charge in [0.1, 0.15) is 5.60 Å². The van der Waals surface area contributed by atoms with Gasteiger partial charge in [0.15, 0.2) is 0 Å². The Morgan fingerprint density at radius 1 is 1.19 bits per heavy atom. The molecule has 1 heterocycles. The van der Waals surface area contributed by atoms with Crippen molar-refractivity contribution in [3.05, 3.63) is 53.7 Å². The molecule has 0 bridgehead atoms. The Morgan fingerprint density at radius 2 is 1.74 bits per heavy atom. The number of aryl methyl sites for hydroxylation is 1. The molecule has 2 aromatic rings. The molecule has 27 heavy (non-hydrogen) atoms. The van der Waals surface area contributed by atoms with Crippen molar-refractivity contribution in [1.29, 1.82) is 0 Å². The Bertz CT molecular complexity index is 692. The lowest BCUT2D eigenvalue weighted by molar-refractivity contribution is -0.122. The van der Waals surface area contributed by atoms with Gasteiger partial charge in [-0.1, -0.05) is 43.7 Å². The number of aromatic nitrogens is 1. The number of carbonyl (C=O) groups excluding carboxylic acids is 1. The number of rotatable bonds is 3. The van der Waals surface area contributed by atoms with Crippen LogP contribution in [0, 0.1) is 6.92 Å². The number of ether oxygens (including phenoxy) is 1. The Balaban J connectivity index is 0.00000123. The minimum atomic E-state index is -0.491. The van der Waals surface area contributed by atoms with Crippen molar-refractivity contribution < 1.29 is 19.4 Å². The number of benzene rings is 1. The number of carbonyl (C=O) groups is 2. The molecule has 6 nitrogen and oxygen atoms in total. The summed E-state index contributed by atoms with van der Waals surface area (Å²) < 4.78 is 5.22. The maximum Gasteiger partial charge on any atom is 0.407 e. The highest BCUT2D eigenvalue weighted by Gasteiger charge is 2.15. The van der Waals surface area contributed by atoms with E-state index in [4.69, 9.17) is 14.6 Å². The van der Waals surface area contributed by atoms with Gasteiger partial charge in [-0.3, -0.25) is 9.78 Å². The number of nitrogens with one attached hydrogen (secondary N) is 1. The van der Waals surface area contributed by atoms with E-state index in [1.54, 1.807) is 6.20 Å². The molecular weight excluding hydrogens is 344 g/mol. The fraction of sp³-hybridized carbons (Fsp3) is 0.381. The lowest BCUT2D eigenvalue weighted by Crippen LogP contribution is -2.32.